The van der Waals surface area contributed by atoms with Crippen molar-refractivity contribution < 1.29 is 22.7 Å². The van der Waals surface area contributed by atoms with Crippen molar-refractivity contribution in [1.82, 2.24) is 15.6 Å². The Morgan fingerprint density at radius 3 is 2.21 bits per heavy atom. The highest BCUT2D eigenvalue weighted by Crippen LogP contribution is 2.24. The fourth-order valence-corrected chi connectivity index (χ4v) is 5.00. The van der Waals surface area contributed by atoms with Crippen molar-refractivity contribution in [3.8, 4) is 0 Å². The largest absolute Gasteiger partial charge is 0.444 e. The summed E-state index contributed by atoms with van der Waals surface area (Å²) in [6, 6.07) is 15.0. The van der Waals surface area contributed by atoms with Gasteiger partial charge in [-0.3, -0.25) is 9.52 Å². The van der Waals surface area contributed by atoms with Crippen LogP contribution < -0.4 is 15.4 Å². The number of amides is 2. The van der Waals surface area contributed by atoms with Crippen LogP contribution in [0.15, 0.2) is 60.0 Å². The minimum absolute atomic E-state index is 0.282. The van der Waals surface area contributed by atoms with Crippen LogP contribution in [0.5, 0.6) is 0 Å². The second-order valence-corrected chi connectivity index (χ2v) is 11.4. The van der Waals surface area contributed by atoms with Crippen LogP contribution in [-0.4, -0.2) is 37.0 Å². The van der Waals surface area contributed by atoms with Crippen molar-refractivity contribution in [3.05, 3.63) is 81.8 Å². The first-order chi connectivity index (χ1) is 18.0. The van der Waals surface area contributed by atoms with Gasteiger partial charge in [0.15, 0.2) is 0 Å². The number of aryl methyl sites for hydroxylation is 1. The van der Waals surface area contributed by atoms with Crippen molar-refractivity contribution in [1.29, 1.82) is 0 Å². The number of thiazole rings is 1. The number of thiol groups is 1. The van der Waals surface area contributed by atoms with Gasteiger partial charge in [-0.2, -0.15) is 0 Å². The predicted octanol–water partition coefficient (Wildman–Crippen LogP) is 4.18. The monoisotopic (exact) mass is 558 g/mol. The van der Waals surface area contributed by atoms with Crippen LogP contribution in [0.4, 0.5) is 10.5 Å². The molecule has 0 saturated heterocycles. The number of nitrogens with zero attached hydrogens (tertiary/aromatic N) is 1. The predicted molar refractivity (Wildman–Crippen MR) is 150 cm³/mol. The molecule has 11 heteroatoms. The quantitative estimate of drug-likeness (QED) is 0.262. The molecule has 38 heavy (non-hydrogen) atoms. The zero-order valence-electron chi connectivity index (χ0n) is 21.9. The van der Waals surface area contributed by atoms with E-state index in [1.165, 1.54) is 11.3 Å². The molecule has 0 saturated carbocycles. The number of hydrogen-bond acceptors (Lipinski definition) is 7. The minimum atomic E-state index is -2.76. The van der Waals surface area contributed by atoms with E-state index in [9.17, 15) is 18.0 Å². The van der Waals surface area contributed by atoms with E-state index in [4.69, 9.17) is 4.74 Å². The zero-order chi connectivity index (χ0) is 27.7. The van der Waals surface area contributed by atoms with E-state index in [2.05, 4.69) is 20.3 Å². The smallest absolute Gasteiger partial charge is 0.408 e. The number of nitrogens with one attached hydrogen (secondary N) is 3. The molecule has 3 N–H and O–H groups in total. The van der Waals surface area contributed by atoms with Crippen molar-refractivity contribution in [2.45, 2.75) is 64.6 Å². The van der Waals surface area contributed by atoms with Crippen LogP contribution in [0, 0.1) is 0 Å². The molecule has 0 aliphatic carbocycles. The van der Waals surface area contributed by atoms with E-state index in [1.807, 2.05) is 42.6 Å². The molecular weight excluding hydrogens is 524 g/mol. The van der Waals surface area contributed by atoms with Crippen molar-refractivity contribution >= 4 is 39.9 Å². The summed E-state index contributed by atoms with van der Waals surface area (Å²) in [5, 5.41) is 8.52. The fourth-order valence-electron chi connectivity index (χ4n) is 3.68. The van der Waals surface area contributed by atoms with Gasteiger partial charge in [-0.1, -0.05) is 49.4 Å². The van der Waals surface area contributed by atoms with E-state index in [-0.39, 0.29) is 12.3 Å². The highest BCUT2D eigenvalue weighted by atomic mass is 32.2. The molecule has 2 amide bonds. The standard InChI is InChI=1S/C27H34N4O5S2/c1-5-20-17-37-25(28-20)23(16-19-11-13-21(14-12-19)31-38(34)35)29-24(32)22(15-18-9-7-6-8-10-18)30-26(33)36-27(2,3)4/h6-14,17,22-23,38H,5,15-16H2,1-4H3,(H,29,32)(H,30,33)(H,31,34,35)/t22-,23+/m1/s1. The van der Waals surface area contributed by atoms with Gasteiger partial charge in [0.05, 0.1) is 11.7 Å². The lowest BCUT2D eigenvalue weighted by Gasteiger charge is -2.25. The van der Waals surface area contributed by atoms with Gasteiger partial charge >= 0.3 is 6.09 Å². The topological polar surface area (TPSA) is 126 Å². The summed E-state index contributed by atoms with van der Waals surface area (Å²) >= 11 is 1.46. The molecule has 0 spiro atoms. The Morgan fingerprint density at radius 2 is 1.63 bits per heavy atom. The Balaban J connectivity index is 1.84. The van der Waals surface area contributed by atoms with Crippen LogP contribution in [0.2, 0.25) is 0 Å². The van der Waals surface area contributed by atoms with Gasteiger partial charge in [0, 0.05) is 17.5 Å². The molecule has 0 unspecified atom stereocenters. The average Bonchev–Trinajstić information content (AvgIpc) is 3.33. The van der Waals surface area contributed by atoms with Crippen LogP contribution in [0.25, 0.3) is 0 Å². The number of benzene rings is 2. The van der Waals surface area contributed by atoms with E-state index < -0.39 is 34.7 Å². The first kappa shape index (κ1) is 29.1. The molecule has 204 valence electrons. The fraction of sp³-hybridized carbons (Fsp3) is 0.370. The Labute approximate surface area is 229 Å². The molecule has 0 aliphatic rings. The SMILES string of the molecule is CCc1csc([C@H](Cc2ccc(N[SH](=O)=O)cc2)NC(=O)[C@@H](Cc2ccccc2)NC(=O)OC(C)(C)C)n1. The Bertz CT molecular complexity index is 1280. The summed E-state index contributed by atoms with van der Waals surface area (Å²) in [4.78, 5) is 30.9. The van der Waals surface area contributed by atoms with Crippen molar-refractivity contribution in [3.63, 3.8) is 0 Å². The lowest BCUT2D eigenvalue weighted by atomic mass is 10.0. The van der Waals surface area contributed by atoms with Gasteiger partial charge in [-0.05, 0) is 56.9 Å². The number of carbonyl (C=O) groups is 2. The van der Waals surface area contributed by atoms with Crippen LogP contribution in [0.3, 0.4) is 0 Å². The highest BCUT2D eigenvalue weighted by molar-refractivity contribution is 7.73. The maximum absolute atomic E-state index is 13.6. The van der Waals surface area contributed by atoms with Crippen molar-refractivity contribution in [2.75, 3.05) is 4.72 Å². The summed E-state index contributed by atoms with van der Waals surface area (Å²) in [7, 11) is -2.76. The number of anilines is 1. The zero-order valence-corrected chi connectivity index (χ0v) is 23.6. The average molecular weight is 559 g/mol. The number of alkyl carbamates (subject to hydrolysis) is 1. The molecule has 1 aromatic heterocycles. The van der Waals surface area contributed by atoms with Crippen LogP contribution in [-0.2, 0) is 39.7 Å². The molecule has 3 rings (SSSR count). The molecule has 1 heterocycles. The molecule has 0 fully saturated rings. The summed E-state index contributed by atoms with van der Waals surface area (Å²) in [5.41, 5.74) is 2.45. The van der Waals surface area contributed by atoms with Gasteiger partial charge in [0.25, 0.3) is 0 Å². The third kappa shape index (κ3) is 9.46. The van der Waals surface area contributed by atoms with E-state index in [0.717, 1.165) is 28.2 Å². The second-order valence-electron chi connectivity index (χ2n) is 9.75. The number of rotatable bonds is 11. The normalized spacial score (nSPS) is 13.0. The number of aromatic nitrogens is 1. The van der Waals surface area contributed by atoms with Gasteiger partial charge in [0.2, 0.25) is 16.8 Å². The highest BCUT2D eigenvalue weighted by Gasteiger charge is 2.28. The number of hydrogen-bond donors (Lipinski definition) is 4. The molecule has 2 atom stereocenters. The van der Waals surface area contributed by atoms with Crippen molar-refractivity contribution in [2.24, 2.45) is 0 Å². The lowest BCUT2D eigenvalue weighted by molar-refractivity contribution is -0.124. The van der Waals surface area contributed by atoms with Crippen LogP contribution >= 0.6 is 11.3 Å². The molecule has 3 aromatic rings. The molecule has 0 bridgehead atoms. The minimum Gasteiger partial charge on any atom is -0.444 e. The summed E-state index contributed by atoms with van der Waals surface area (Å²) < 4.78 is 29.7. The molecule has 2 aromatic carbocycles. The van der Waals surface area contributed by atoms with E-state index in [1.54, 1.807) is 45.0 Å². The third-order valence-corrected chi connectivity index (χ3v) is 6.90. The molecular formula is C27H34N4O5S2. The van der Waals surface area contributed by atoms with Gasteiger partial charge < -0.3 is 15.4 Å². The lowest BCUT2D eigenvalue weighted by Crippen LogP contribution is -2.50. The number of ether oxygens (including phenoxy) is 1. The third-order valence-electron chi connectivity index (χ3n) is 5.45. The van der Waals surface area contributed by atoms with Crippen LogP contribution in [0.1, 0.15) is 55.6 Å². The Hall–Kier alpha value is -3.44. The second kappa shape index (κ2) is 13.4. The van der Waals surface area contributed by atoms with E-state index >= 15 is 0 Å². The first-order valence-electron chi connectivity index (χ1n) is 12.3. The Morgan fingerprint density at radius 1 is 0.974 bits per heavy atom. The van der Waals surface area contributed by atoms with E-state index in [0.29, 0.717) is 12.1 Å². The summed E-state index contributed by atoms with van der Waals surface area (Å²) in [5.74, 6) is -0.361. The van der Waals surface area contributed by atoms with Gasteiger partial charge in [0.1, 0.15) is 16.7 Å². The molecule has 9 nitrogen and oxygen atoms in total. The summed E-state index contributed by atoms with van der Waals surface area (Å²) in [6.07, 6.45) is 0.801. The maximum Gasteiger partial charge on any atom is 0.408 e. The summed E-state index contributed by atoms with van der Waals surface area (Å²) in [6.45, 7) is 7.30. The van der Waals surface area contributed by atoms with Gasteiger partial charge in [-0.15, -0.1) is 11.3 Å². The maximum atomic E-state index is 13.6. The molecule has 0 aliphatic heterocycles. The molecule has 0 radical (unpaired) electrons. The Kier molecular flexibility index (Phi) is 10.3. The number of carbonyl (C=O) groups excluding carboxylic acids is 2. The van der Waals surface area contributed by atoms with Gasteiger partial charge in [-0.25, -0.2) is 18.2 Å². The first-order valence-corrected chi connectivity index (χ1v) is 14.4.